The largest absolute Gasteiger partial charge is 0.340 e. The third kappa shape index (κ3) is 4.58. The summed E-state index contributed by atoms with van der Waals surface area (Å²) in [5, 5.41) is 0.734. The van der Waals surface area contributed by atoms with Crippen LogP contribution in [-0.2, 0) is 20.9 Å². The highest BCUT2D eigenvalue weighted by atomic mass is 35.5. The minimum atomic E-state index is -0.163. The van der Waals surface area contributed by atoms with Crippen LogP contribution in [0.25, 0.3) is 0 Å². The third-order valence-electron chi connectivity index (χ3n) is 4.72. The molecule has 1 aromatic rings. The van der Waals surface area contributed by atoms with Crippen molar-refractivity contribution in [2.45, 2.75) is 25.8 Å². The third-order valence-corrected chi connectivity index (χ3v) is 4.96. The van der Waals surface area contributed by atoms with Crippen molar-refractivity contribution in [3.63, 3.8) is 0 Å². The van der Waals surface area contributed by atoms with Gasteiger partial charge in [-0.05, 0) is 17.7 Å². The second-order valence-electron chi connectivity index (χ2n) is 6.48. The molecule has 2 aliphatic rings. The Balaban J connectivity index is 1.43. The molecule has 0 N–H and O–H groups in total. The zero-order valence-electron chi connectivity index (χ0n) is 14.1. The van der Waals surface area contributed by atoms with Gasteiger partial charge in [0.05, 0.1) is 0 Å². The molecular weight excluding hydrogens is 342 g/mol. The van der Waals surface area contributed by atoms with Crippen LogP contribution in [0.5, 0.6) is 0 Å². The van der Waals surface area contributed by atoms with Crippen molar-refractivity contribution >= 4 is 29.3 Å². The topological polar surface area (TPSA) is 60.9 Å². The van der Waals surface area contributed by atoms with Crippen LogP contribution in [0.4, 0.5) is 0 Å². The van der Waals surface area contributed by atoms with Gasteiger partial charge in [-0.15, -0.1) is 0 Å². The van der Waals surface area contributed by atoms with Crippen LogP contribution >= 0.6 is 11.6 Å². The summed E-state index contributed by atoms with van der Waals surface area (Å²) in [4.78, 5) is 40.8. The quantitative estimate of drug-likeness (QED) is 0.744. The van der Waals surface area contributed by atoms with Gasteiger partial charge in [-0.3, -0.25) is 24.2 Å². The molecule has 0 unspecified atom stereocenters. The number of halogens is 1. The number of carbonyl (C=O) groups is 3. The van der Waals surface area contributed by atoms with Crippen molar-refractivity contribution in [2.75, 3.05) is 32.7 Å². The van der Waals surface area contributed by atoms with Crippen LogP contribution in [-0.4, -0.2) is 65.1 Å². The Labute approximate surface area is 152 Å². The maximum absolute atomic E-state index is 12.3. The van der Waals surface area contributed by atoms with Gasteiger partial charge in [0.2, 0.25) is 17.7 Å². The molecule has 134 valence electrons. The molecule has 0 saturated carbocycles. The normalized spacial score (nSPS) is 18.9. The highest BCUT2D eigenvalue weighted by molar-refractivity contribution is 6.30. The number of nitrogens with zero attached hydrogens (tertiary/aromatic N) is 3. The van der Waals surface area contributed by atoms with Crippen LogP contribution in [0.1, 0.15) is 24.8 Å². The van der Waals surface area contributed by atoms with E-state index >= 15 is 0 Å². The van der Waals surface area contributed by atoms with Gasteiger partial charge in [-0.2, -0.15) is 0 Å². The summed E-state index contributed by atoms with van der Waals surface area (Å²) >= 11 is 6.01. The minimum absolute atomic E-state index is 0.00917. The van der Waals surface area contributed by atoms with Crippen molar-refractivity contribution in [2.24, 2.45) is 0 Å². The van der Waals surface area contributed by atoms with Gasteiger partial charge in [0.15, 0.2) is 0 Å². The molecule has 6 nitrogen and oxygen atoms in total. The molecule has 2 heterocycles. The van der Waals surface area contributed by atoms with E-state index in [1.807, 2.05) is 29.2 Å². The number of piperazine rings is 1. The maximum Gasteiger partial charge on any atom is 0.229 e. The fourth-order valence-electron chi connectivity index (χ4n) is 3.29. The van der Waals surface area contributed by atoms with E-state index in [9.17, 15) is 14.4 Å². The van der Waals surface area contributed by atoms with Gasteiger partial charge >= 0.3 is 0 Å². The van der Waals surface area contributed by atoms with Crippen molar-refractivity contribution < 1.29 is 14.4 Å². The Morgan fingerprint density at radius 1 is 1.04 bits per heavy atom. The smallest absolute Gasteiger partial charge is 0.229 e. The molecule has 2 aliphatic heterocycles. The zero-order chi connectivity index (χ0) is 17.8. The average molecular weight is 364 g/mol. The van der Waals surface area contributed by atoms with E-state index in [4.69, 9.17) is 11.6 Å². The van der Waals surface area contributed by atoms with Crippen molar-refractivity contribution in [3.05, 3.63) is 34.9 Å². The van der Waals surface area contributed by atoms with Gasteiger partial charge in [-0.1, -0.05) is 23.7 Å². The maximum atomic E-state index is 12.3. The first-order chi connectivity index (χ1) is 12.0. The van der Waals surface area contributed by atoms with Crippen LogP contribution < -0.4 is 0 Å². The summed E-state index contributed by atoms with van der Waals surface area (Å²) in [6, 6.07) is 7.81. The Morgan fingerprint density at radius 3 is 2.36 bits per heavy atom. The molecule has 2 saturated heterocycles. The first kappa shape index (κ1) is 17.9. The molecule has 0 bridgehead atoms. The Hall–Kier alpha value is -1.92. The van der Waals surface area contributed by atoms with Crippen LogP contribution in [0, 0.1) is 0 Å². The van der Waals surface area contributed by atoms with Crippen LogP contribution in [0.15, 0.2) is 24.3 Å². The summed E-state index contributed by atoms with van der Waals surface area (Å²) in [6.07, 6.45) is 0.760. The van der Waals surface area contributed by atoms with Crippen molar-refractivity contribution in [1.29, 1.82) is 0 Å². The number of hydrogen-bond donors (Lipinski definition) is 0. The fraction of sp³-hybridized carbons (Fsp3) is 0.500. The summed E-state index contributed by atoms with van der Waals surface area (Å²) in [7, 11) is 0. The van der Waals surface area contributed by atoms with Gasteiger partial charge in [0, 0.05) is 63.6 Å². The first-order valence-corrected chi connectivity index (χ1v) is 8.98. The molecule has 3 amide bonds. The van der Waals surface area contributed by atoms with Crippen LogP contribution in [0.2, 0.25) is 5.02 Å². The molecular formula is C18H22ClN3O3. The zero-order valence-corrected chi connectivity index (χ0v) is 14.9. The number of imide groups is 1. The van der Waals surface area contributed by atoms with Gasteiger partial charge < -0.3 is 4.90 Å². The highest BCUT2D eigenvalue weighted by Crippen LogP contribution is 2.15. The van der Waals surface area contributed by atoms with Crippen molar-refractivity contribution in [3.8, 4) is 0 Å². The molecule has 2 fully saturated rings. The van der Waals surface area contributed by atoms with E-state index in [0.29, 0.717) is 13.1 Å². The lowest BCUT2D eigenvalue weighted by molar-refractivity contribution is -0.139. The Bertz CT molecular complexity index is 655. The predicted octanol–water partition coefficient (Wildman–Crippen LogP) is 1.52. The molecule has 7 heteroatoms. The van der Waals surface area contributed by atoms with E-state index in [1.54, 1.807) is 0 Å². The number of likely N-dealkylation sites (tertiary alicyclic amines) is 1. The van der Waals surface area contributed by atoms with E-state index in [1.165, 1.54) is 10.5 Å². The Kier molecular flexibility index (Phi) is 5.71. The van der Waals surface area contributed by atoms with Gasteiger partial charge in [0.25, 0.3) is 0 Å². The molecule has 0 aliphatic carbocycles. The second-order valence-corrected chi connectivity index (χ2v) is 6.91. The standard InChI is InChI=1S/C18H22ClN3O3/c19-15-3-1-2-14(12-15)13-20-8-10-21(11-9-20)16(23)6-7-22-17(24)4-5-18(22)25/h1-3,12H,4-11,13H2. The minimum Gasteiger partial charge on any atom is -0.340 e. The van der Waals surface area contributed by atoms with E-state index in [-0.39, 0.29) is 43.5 Å². The number of carbonyl (C=O) groups excluding carboxylic acids is 3. The van der Waals surface area contributed by atoms with Gasteiger partial charge in [-0.25, -0.2) is 0 Å². The average Bonchev–Trinajstić information content (AvgIpc) is 2.92. The lowest BCUT2D eigenvalue weighted by atomic mass is 10.2. The number of rotatable bonds is 5. The van der Waals surface area contributed by atoms with E-state index in [0.717, 1.165) is 24.7 Å². The lowest BCUT2D eigenvalue weighted by Crippen LogP contribution is -2.49. The monoisotopic (exact) mass is 363 g/mol. The number of amides is 3. The lowest BCUT2D eigenvalue weighted by Gasteiger charge is -2.35. The molecule has 0 aromatic heterocycles. The first-order valence-electron chi connectivity index (χ1n) is 8.61. The fourth-order valence-corrected chi connectivity index (χ4v) is 3.50. The summed E-state index contributed by atoms with van der Waals surface area (Å²) < 4.78 is 0. The van der Waals surface area contributed by atoms with E-state index < -0.39 is 0 Å². The highest BCUT2D eigenvalue weighted by Gasteiger charge is 2.30. The second kappa shape index (κ2) is 7.97. The summed E-state index contributed by atoms with van der Waals surface area (Å²) in [5.41, 5.74) is 1.17. The van der Waals surface area contributed by atoms with E-state index in [2.05, 4.69) is 4.90 Å². The molecule has 25 heavy (non-hydrogen) atoms. The predicted molar refractivity (Wildman–Crippen MR) is 93.9 cm³/mol. The summed E-state index contributed by atoms with van der Waals surface area (Å²) in [5.74, 6) is -0.316. The molecule has 0 spiro atoms. The molecule has 0 atom stereocenters. The SMILES string of the molecule is O=C(CCN1C(=O)CCC1=O)N1CCN(Cc2cccc(Cl)c2)CC1. The number of hydrogen-bond acceptors (Lipinski definition) is 4. The van der Waals surface area contributed by atoms with Gasteiger partial charge in [0.1, 0.15) is 0 Å². The Morgan fingerprint density at radius 2 is 1.72 bits per heavy atom. The molecule has 1 aromatic carbocycles. The molecule has 0 radical (unpaired) electrons. The van der Waals surface area contributed by atoms with Crippen LogP contribution in [0.3, 0.4) is 0 Å². The molecule has 3 rings (SSSR count). The number of benzene rings is 1. The van der Waals surface area contributed by atoms with Crippen molar-refractivity contribution in [1.82, 2.24) is 14.7 Å². The summed E-state index contributed by atoms with van der Waals surface area (Å²) in [6.45, 7) is 3.97.